The molecule has 0 atom stereocenters. The molecule has 0 saturated carbocycles. The second kappa shape index (κ2) is 3.07. The number of carbonyl (C=O) groups is 1. The number of carboxylic acid groups (broad SMARTS) is 1. The fourth-order valence-corrected chi connectivity index (χ4v) is 0.571. The predicted octanol–water partition coefficient (Wildman–Crippen LogP) is -0.367. The number of hydrogen-bond donors (Lipinski definition) is 2. The smallest absolute Gasteiger partial charge is 0.356 e. The van der Waals surface area contributed by atoms with Crippen LogP contribution in [0.3, 0.4) is 0 Å². The fourth-order valence-electron chi connectivity index (χ4n) is 0.571. The van der Waals surface area contributed by atoms with E-state index in [1.54, 1.807) is 0 Å². The zero-order valence-electron chi connectivity index (χ0n) is 5.69. The molecule has 0 saturated heterocycles. The van der Waals surface area contributed by atoms with Crippen molar-refractivity contribution in [2.45, 2.75) is 6.54 Å². The van der Waals surface area contributed by atoms with Crippen molar-refractivity contribution in [2.24, 2.45) is 5.73 Å². The first-order valence-electron chi connectivity index (χ1n) is 2.98. The Morgan fingerprint density at radius 3 is 2.64 bits per heavy atom. The Morgan fingerprint density at radius 1 is 1.55 bits per heavy atom. The molecule has 0 radical (unpaired) electrons. The van der Waals surface area contributed by atoms with Gasteiger partial charge in [-0.3, -0.25) is 4.98 Å². The Balaban J connectivity index is 2.91. The Kier molecular flexibility index (Phi) is 2.12. The molecule has 5 heteroatoms. The first kappa shape index (κ1) is 7.62. The Morgan fingerprint density at radius 2 is 2.27 bits per heavy atom. The summed E-state index contributed by atoms with van der Waals surface area (Å²) in [6.45, 7) is 0.271. The molecule has 0 aliphatic heterocycles. The van der Waals surface area contributed by atoms with E-state index in [9.17, 15) is 4.79 Å². The molecule has 0 amide bonds. The first-order chi connectivity index (χ1) is 5.24. The molecule has 0 aliphatic rings. The Bertz CT molecular complexity index is 257. The van der Waals surface area contributed by atoms with Crippen molar-refractivity contribution < 1.29 is 9.90 Å². The van der Waals surface area contributed by atoms with Gasteiger partial charge in [-0.2, -0.15) is 0 Å². The SMILES string of the molecule is NCc1cnc(C(=O)O)cn1. The molecule has 1 aromatic rings. The molecule has 0 fully saturated rings. The molecule has 0 unspecified atom stereocenters. The summed E-state index contributed by atoms with van der Waals surface area (Å²) in [7, 11) is 0. The van der Waals surface area contributed by atoms with E-state index in [-0.39, 0.29) is 12.2 Å². The second-order valence-corrected chi connectivity index (χ2v) is 1.90. The predicted molar refractivity (Wildman–Crippen MR) is 36.9 cm³/mol. The van der Waals surface area contributed by atoms with Crippen LogP contribution in [0.15, 0.2) is 12.4 Å². The summed E-state index contributed by atoms with van der Waals surface area (Å²) in [5, 5.41) is 8.41. The second-order valence-electron chi connectivity index (χ2n) is 1.90. The standard InChI is InChI=1S/C6H7N3O2/c7-1-4-2-9-5(3-8-4)6(10)11/h2-3H,1,7H2,(H,10,11). The van der Waals surface area contributed by atoms with Crippen molar-refractivity contribution in [1.29, 1.82) is 0 Å². The van der Waals surface area contributed by atoms with Gasteiger partial charge < -0.3 is 10.8 Å². The van der Waals surface area contributed by atoms with Crippen LogP contribution in [0.1, 0.15) is 16.2 Å². The number of rotatable bonds is 2. The summed E-state index contributed by atoms with van der Waals surface area (Å²) in [5.74, 6) is -1.08. The molecule has 1 heterocycles. The third kappa shape index (κ3) is 1.71. The lowest BCUT2D eigenvalue weighted by Crippen LogP contribution is -2.05. The third-order valence-electron chi connectivity index (χ3n) is 1.13. The van der Waals surface area contributed by atoms with Crippen molar-refractivity contribution in [1.82, 2.24) is 9.97 Å². The van der Waals surface area contributed by atoms with Gasteiger partial charge >= 0.3 is 5.97 Å². The van der Waals surface area contributed by atoms with Gasteiger partial charge in [-0.05, 0) is 0 Å². The van der Waals surface area contributed by atoms with E-state index >= 15 is 0 Å². The van der Waals surface area contributed by atoms with Gasteiger partial charge in [-0.25, -0.2) is 9.78 Å². The van der Waals surface area contributed by atoms with Crippen molar-refractivity contribution in [3.05, 3.63) is 23.8 Å². The lowest BCUT2D eigenvalue weighted by atomic mass is 10.4. The zero-order valence-corrected chi connectivity index (χ0v) is 5.69. The van der Waals surface area contributed by atoms with Crippen molar-refractivity contribution in [3.63, 3.8) is 0 Å². The van der Waals surface area contributed by atoms with Crippen molar-refractivity contribution >= 4 is 5.97 Å². The normalized spacial score (nSPS) is 9.55. The number of nitrogens with two attached hydrogens (primary N) is 1. The largest absolute Gasteiger partial charge is 0.476 e. The Labute approximate surface area is 62.9 Å². The van der Waals surface area contributed by atoms with Crippen LogP contribution in [0.4, 0.5) is 0 Å². The molecule has 0 spiro atoms. The lowest BCUT2D eigenvalue weighted by molar-refractivity contribution is 0.0690. The molecule has 58 valence electrons. The van der Waals surface area contributed by atoms with Crippen LogP contribution in [0.2, 0.25) is 0 Å². The van der Waals surface area contributed by atoms with E-state index in [2.05, 4.69) is 9.97 Å². The number of aromatic nitrogens is 2. The van der Waals surface area contributed by atoms with Gasteiger partial charge in [0.15, 0.2) is 5.69 Å². The van der Waals surface area contributed by atoms with E-state index in [0.717, 1.165) is 0 Å². The van der Waals surface area contributed by atoms with Crippen LogP contribution in [0.5, 0.6) is 0 Å². The summed E-state index contributed by atoms with van der Waals surface area (Å²) in [4.78, 5) is 17.6. The zero-order chi connectivity index (χ0) is 8.27. The highest BCUT2D eigenvalue weighted by Gasteiger charge is 2.02. The maximum Gasteiger partial charge on any atom is 0.356 e. The minimum Gasteiger partial charge on any atom is -0.476 e. The van der Waals surface area contributed by atoms with Gasteiger partial charge in [0.2, 0.25) is 0 Å². The lowest BCUT2D eigenvalue weighted by Gasteiger charge is -1.94. The van der Waals surface area contributed by atoms with E-state index in [4.69, 9.17) is 10.8 Å². The van der Waals surface area contributed by atoms with Crippen LogP contribution >= 0.6 is 0 Å². The highest BCUT2D eigenvalue weighted by molar-refractivity contribution is 5.84. The van der Waals surface area contributed by atoms with Gasteiger partial charge in [-0.15, -0.1) is 0 Å². The van der Waals surface area contributed by atoms with Crippen LogP contribution in [-0.2, 0) is 6.54 Å². The number of carboxylic acids is 1. The molecule has 5 nitrogen and oxygen atoms in total. The summed E-state index contributed by atoms with van der Waals surface area (Å²) < 4.78 is 0. The van der Waals surface area contributed by atoms with Gasteiger partial charge in [0.25, 0.3) is 0 Å². The van der Waals surface area contributed by atoms with Crippen LogP contribution in [0.25, 0.3) is 0 Å². The van der Waals surface area contributed by atoms with Gasteiger partial charge in [-0.1, -0.05) is 0 Å². The van der Waals surface area contributed by atoms with E-state index < -0.39 is 5.97 Å². The summed E-state index contributed by atoms with van der Waals surface area (Å²) in [6.07, 6.45) is 2.54. The average molecular weight is 153 g/mol. The third-order valence-corrected chi connectivity index (χ3v) is 1.13. The summed E-state index contributed by atoms with van der Waals surface area (Å²) in [6, 6.07) is 0. The Hall–Kier alpha value is -1.49. The van der Waals surface area contributed by atoms with Crippen molar-refractivity contribution in [3.8, 4) is 0 Å². The fraction of sp³-hybridized carbons (Fsp3) is 0.167. The maximum absolute atomic E-state index is 10.3. The van der Waals surface area contributed by atoms with Crippen LogP contribution in [-0.4, -0.2) is 21.0 Å². The van der Waals surface area contributed by atoms with Crippen LogP contribution in [0, 0.1) is 0 Å². The summed E-state index contributed by atoms with van der Waals surface area (Å²) >= 11 is 0. The molecule has 0 aliphatic carbocycles. The molecule has 1 aromatic heterocycles. The van der Waals surface area contributed by atoms with Crippen molar-refractivity contribution in [2.75, 3.05) is 0 Å². The molecular weight excluding hydrogens is 146 g/mol. The minimum absolute atomic E-state index is 0.0674. The molecule has 0 bridgehead atoms. The summed E-state index contributed by atoms with van der Waals surface area (Å²) in [5.41, 5.74) is 5.74. The first-order valence-corrected chi connectivity index (χ1v) is 2.98. The van der Waals surface area contributed by atoms with Gasteiger partial charge in [0, 0.05) is 6.54 Å². The maximum atomic E-state index is 10.3. The topological polar surface area (TPSA) is 89.1 Å². The molecular formula is C6H7N3O2. The highest BCUT2D eigenvalue weighted by atomic mass is 16.4. The van der Waals surface area contributed by atoms with E-state index in [0.29, 0.717) is 5.69 Å². The monoisotopic (exact) mass is 153 g/mol. The number of aromatic carboxylic acids is 1. The average Bonchev–Trinajstić information content (AvgIpc) is 2.05. The van der Waals surface area contributed by atoms with Gasteiger partial charge in [0.05, 0.1) is 18.1 Å². The number of hydrogen-bond acceptors (Lipinski definition) is 4. The quantitative estimate of drug-likeness (QED) is 0.605. The highest BCUT2D eigenvalue weighted by Crippen LogP contribution is 1.93. The molecule has 0 aromatic carbocycles. The van der Waals surface area contributed by atoms with E-state index in [1.807, 2.05) is 0 Å². The molecule has 1 rings (SSSR count). The molecule has 11 heavy (non-hydrogen) atoms. The van der Waals surface area contributed by atoms with Crippen LogP contribution < -0.4 is 5.73 Å². The number of nitrogens with zero attached hydrogens (tertiary/aromatic N) is 2. The minimum atomic E-state index is -1.08. The van der Waals surface area contributed by atoms with E-state index in [1.165, 1.54) is 12.4 Å². The molecule has 3 N–H and O–H groups in total. The van der Waals surface area contributed by atoms with Gasteiger partial charge in [0.1, 0.15) is 0 Å².